The maximum absolute atomic E-state index is 12.3. The van der Waals surface area contributed by atoms with Crippen molar-refractivity contribution < 1.29 is 9.90 Å². The lowest BCUT2D eigenvalue weighted by atomic mass is 10.2. The van der Waals surface area contributed by atoms with E-state index in [0.29, 0.717) is 17.2 Å². The standard InChI is InChI=1S/C14H15N3O2/c1-15-13-5-3-4-12(16-13)14(19)17(2)10-6-8-11(18)9-7-10/h3-9,18H,1-2H3,(H,15,16). The molecule has 0 saturated carbocycles. The molecular formula is C14H15N3O2. The van der Waals surface area contributed by atoms with Gasteiger partial charge in [0.2, 0.25) is 0 Å². The lowest BCUT2D eigenvalue weighted by Crippen LogP contribution is -2.27. The molecule has 5 nitrogen and oxygen atoms in total. The fraction of sp³-hybridized carbons (Fsp3) is 0.143. The molecule has 2 N–H and O–H groups in total. The lowest BCUT2D eigenvalue weighted by molar-refractivity contribution is 0.0988. The molecule has 0 bridgehead atoms. The molecule has 1 aromatic carbocycles. The third kappa shape index (κ3) is 2.82. The van der Waals surface area contributed by atoms with Gasteiger partial charge in [-0.3, -0.25) is 4.79 Å². The van der Waals surface area contributed by atoms with Crippen LogP contribution in [0.2, 0.25) is 0 Å². The molecule has 0 spiro atoms. The second kappa shape index (κ2) is 5.39. The number of hydrogen-bond donors (Lipinski definition) is 2. The maximum atomic E-state index is 12.3. The van der Waals surface area contributed by atoms with E-state index in [1.165, 1.54) is 17.0 Å². The maximum Gasteiger partial charge on any atom is 0.276 e. The predicted molar refractivity (Wildman–Crippen MR) is 74.6 cm³/mol. The van der Waals surface area contributed by atoms with E-state index < -0.39 is 0 Å². The molecule has 0 aliphatic carbocycles. The number of carbonyl (C=O) groups excluding carboxylic acids is 1. The quantitative estimate of drug-likeness (QED) is 0.883. The topological polar surface area (TPSA) is 65.5 Å². The Morgan fingerprint density at radius 1 is 1.21 bits per heavy atom. The molecule has 2 rings (SSSR count). The van der Waals surface area contributed by atoms with Crippen LogP contribution in [0.15, 0.2) is 42.5 Å². The Hall–Kier alpha value is -2.56. The molecule has 98 valence electrons. The van der Waals surface area contributed by atoms with Gasteiger partial charge in [-0.25, -0.2) is 4.98 Å². The van der Waals surface area contributed by atoms with Gasteiger partial charge in [0.05, 0.1) is 0 Å². The second-order valence-electron chi connectivity index (χ2n) is 4.04. The van der Waals surface area contributed by atoms with Crippen LogP contribution in [0.3, 0.4) is 0 Å². The summed E-state index contributed by atoms with van der Waals surface area (Å²) < 4.78 is 0. The molecule has 0 atom stereocenters. The number of phenolic OH excluding ortho intramolecular Hbond substituents is 1. The summed E-state index contributed by atoms with van der Waals surface area (Å²) in [6.07, 6.45) is 0. The zero-order valence-corrected chi connectivity index (χ0v) is 10.8. The number of nitrogens with zero attached hydrogens (tertiary/aromatic N) is 2. The highest BCUT2D eigenvalue weighted by molar-refractivity contribution is 6.04. The molecule has 1 heterocycles. The van der Waals surface area contributed by atoms with Crippen molar-refractivity contribution >= 4 is 17.4 Å². The number of anilines is 2. The SMILES string of the molecule is CNc1cccc(C(=O)N(C)c2ccc(O)cc2)n1. The van der Waals surface area contributed by atoms with E-state index in [-0.39, 0.29) is 11.7 Å². The van der Waals surface area contributed by atoms with E-state index in [2.05, 4.69) is 10.3 Å². The highest BCUT2D eigenvalue weighted by Gasteiger charge is 2.15. The van der Waals surface area contributed by atoms with Crippen molar-refractivity contribution in [1.29, 1.82) is 0 Å². The van der Waals surface area contributed by atoms with Crippen LogP contribution in [0, 0.1) is 0 Å². The summed E-state index contributed by atoms with van der Waals surface area (Å²) in [6.45, 7) is 0. The number of rotatable bonds is 3. The molecule has 1 amide bonds. The Balaban J connectivity index is 2.25. The van der Waals surface area contributed by atoms with Crippen molar-refractivity contribution in [3.63, 3.8) is 0 Å². The third-order valence-corrected chi connectivity index (χ3v) is 2.77. The molecule has 1 aromatic heterocycles. The van der Waals surface area contributed by atoms with Crippen molar-refractivity contribution in [2.24, 2.45) is 0 Å². The fourth-order valence-electron chi connectivity index (χ4n) is 1.66. The van der Waals surface area contributed by atoms with Crippen molar-refractivity contribution in [3.05, 3.63) is 48.2 Å². The lowest BCUT2D eigenvalue weighted by Gasteiger charge is -2.17. The highest BCUT2D eigenvalue weighted by atomic mass is 16.3. The normalized spacial score (nSPS) is 10.0. The summed E-state index contributed by atoms with van der Waals surface area (Å²) in [5.74, 6) is 0.604. The van der Waals surface area contributed by atoms with E-state index in [4.69, 9.17) is 0 Å². The Kier molecular flexibility index (Phi) is 3.66. The summed E-state index contributed by atoms with van der Waals surface area (Å²) in [5, 5.41) is 12.1. The van der Waals surface area contributed by atoms with Gasteiger partial charge in [-0.1, -0.05) is 6.07 Å². The van der Waals surface area contributed by atoms with Crippen LogP contribution in [0.5, 0.6) is 5.75 Å². The number of hydrogen-bond acceptors (Lipinski definition) is 4. The molecule has 19 heavy (non-hydrogen) atoms. The molecular weight excluding hydrogens is 242 g/mol. The van der Waals surface area contributed by atoms with Gasteiger partial charge in [0.25, 0.3) is 5.91 Å². The number of carbonyl (C=O) groups is 1. The first-order valence-electron chi connectivity index (χ1n) is 5.83. The van der Waals surface area contributed by atoms with Crippen molar-refractivity contribution in [2.75, 3.05) is 24.3 Å². The number of benzene rings is 1. The first kappa shape index (κ1) is 12.9. The zero-order valence-electron chi connectivity index (χ0n) is 10.8. The fourth-order valence-corrected chi connectivity index (χ4v) is 1.66. The monoisotopic (exact) mass is 257 g/mol. The molecule has 0 aliphatic heterocycles. The van der Waals surface area contributed by atoms with Crippen molar-refractivity contribution in [1.82, 2.24) is 4.98 Å². The summed E-state index contributed by atoms with van der Waals surface area (Å²) in [7, 11) is 3.42. The van der Waals surface area contributed by atoms with Crippen LogP contribution in [0.1, 0.15) is 10.5 Å². The average Bonchev–Trinajstić information content (AvgIpc) is 2.46. The number of phenols is 1. The van der Waals surface area contributed by atoms with Gasteiger partial charge >= 0.3 is 0 Å². The zero-order chi connectivity index (χ0) is 13.8. The number of aromatic hydroxyl groups is 1. The van der Waals surface area contributed by atoms with Gasteiger partial charge < -0.3 is 15.3 Å². The predicted octanol–water partition coefficient (Wildman–Crippen LogP) is 2.11. The summed E-state index contributed by atoms with van der Waals surface area (Å²) in [4.78, 5) is 18.0. The van der Waals surface area contributed by atoms with Gasteiger partial charge in [0.1, 0.15) is 17.3 Å². The molecule has 0 saturated heterocycles. The number of aromatic nitrogens is 1. The molecule has 0 unspecified atom stereocenters. The Morgan fingerprint density at radius 2 is 1.89 bits per heavy atom. The molecule has 0 fully saturated rings. The van der Waals surface area contributed by atoms with Crippen LogP contribution in [0.4, 0.5) is 11.5 Å². The van der Waals surface area contributed by atoms with E-state index in [1.54, 1.807) is 44.4 Å². The first-order valence-corrected chi connectivity index (χ1v) is 5.83. The first-order chi connectivity index (χ1) is 9.11. The summed E-state index contributed by atoms with van der Waals surface area (Å²) in [5.41, 5.74) is 1.06. The van der Waals surface area contributed by atoms with E-state index in [0.717, 1.165) is 0 Å². The summed E-state index contributed by atoms with van der Waals surface area (Å²) in [6, 6.07) is 11.7. The minimum absolute atomic E-state index is 0.167. The number of pyridine rings is 1. The molecule has 2 aromatic rings. The van der Waals surface area contributed by atoms with Crippen LogP contribution in [0.25, 0.3) is 0 Å². The van der Waals surface area contributed by atoms with Crippen molar-refractivity contribution in [3.8, 4) is 5.75 Å². The molecule has 0 aliphatic rings. The van der Waals surface area contributed by atoms with Gasteiger partial charge in [-0.15, -0.1) is 0 Å². The minimum Gasteiger partial charge on any atom is -0.508 e. The largest absolute Gasteiger partial charge is 0.508 e. The van der Waals surface area contributed by atoms with E-state index >= 15 is 0 Å². The number of amides is 1. The van der Waals surface area contributed by atoms with Crippen LogP contribution in [-0.4, -0.2) is 30.1 Å². The van der Waals surface area contributed by atoms with Gasteiger partial charge in [0, 0.05) is 19.8 Å². The van der Waals surface area contributed by atoms with Gasteiger partial charge in [-0.2, -0.15) is 0 Å². The van der Waals surface area contributed by atoms with Crippen molar-refractivity contribution in [2.45, 2.75) is 0 Å². The second-order valence-corrected chi connectivity index (χ2v) is 4.04. The van der Waals surface area contributed by atoms with Gasteiger partial charge in [-0.05, 0) is 36.4 Å². The Bertz CT molecular complexity index is 581. The van der Waals surface area contributed by atoms with Crippen LogP contribution < -0.4 is 10.2 Å². The molecule has 0 radical (unpaired) electrons. The third-order valence-electron chi connectivity index (χ3n) is 2.77. The number of nitrogens with one attached hydrogen (secondary N) is 1. The van der Waals surface area contributed by atoms with Crippen LogP contribution in [-0.2, 0) is 0 Å². The summed E-state index contributed by atoms with van der Waals surface area (Å²) >= 11 is 0. The van der Waals surface area contributed by atoms with E-state index in [1.807, 2.05) is 0 Å². The Labute approximate surface area is 111 Å². The molecule has 5 heteroatoms. The highest BCUT2D eigenvalue weighted by Crippen LogP contribution is 2.19. The van der Waals surface area contributed by atoms with Crippen LogP contribution >= 0.6 is 0 Å². The minimum atomic E-state index is -0.206. The Morgan fingerprint density at radius 3 is 2.53 bits per heavy atom. The van der Waals surface area contributed by atoms with E-state index in [9.17, 15) is 9.90 Å². The average molecular weight is 257 g/mol. The smallest absolute Gasteiger partial charge is 0.276 e. The van der Waals surface area contributed by atoms with Gasteiger partial charge in [0.15, 0.2) is 0 Å².